The summed E-state index contributed by atoms with van der Waals surface area (Å²) < 4.78 is 0. The van der Waals surface area contributed by atoms with Crippen LogP contribution >= 0.6 is 0 Å². The Balaban J connectivity index is 2.34. The molecule has 0 amide bonds. The Hall–Kier alpha value is -1.26. The topological polar surface area (TPSA) is 12.0 Å². The van der Waals surface area contributed by atoms with E-state index in [-0.39, 0.29) is 0 Å². The van der Waals surface area contributed by atoms with Gasteiger partial charge in [-0.05, 0) is 19.4 Å². The summed E-state index contributed by atoms with van der Waals surface area (Å²) in [6.45, 7) is 5.01. The first-order valence-electron chi connectivity index (χ1n) is 5.02. The van der Waals surface area contributed by atoms with Crippen LogP contribution < -0.4 is 5.32 Å². The van der Waals surface area contributed by atoms with Gasteiger partial charge in [0.1, 0.15) is 0 Å². The van der Waals surface area contributed by atoms with Crippen LogP contribution in [0.3, 0.4) is 0 Å². The van der Waals surface area contributed by atoms with Crippen molar-refractivity contribution in [3.63, 3.8) is 0 Å². The summed E-state index contributed by atoms with van der Waals surface area (Å²) >= 11 is 0. The van der Waals surface area contributed by atoms with Gasteiger partial charge in [-0.1, -0.05) is 30.3 Å². The molecule has 1 atom stereocenters. The zero-order valence-corrected chi connectivity index (χ0v) is 8.88. The fourth-order valence-electron chi connectivity index (χ4n) is 1.34. The lowest BCUT2D eigenvalue weighted by molar-refractivity contribution is 0.584. The summed E-state index contributed by atoms with van der Waals surface area (Å²) in [6.07, 6.45) is 0.924. The fourth-order valence-corrected chi connectivity index (χ4v) is 1.34. The summed E-state index contributed by atoms with van der Waals surface area (Å²) in [4.78, 5) is 0. The summed E-state index contributed by atoms with van der Waals surface area (Å²) in [7, 11) is 0. The van der Waals surface area contributed by atoms with Crippen LogP contribution in [0.2, 0.25) is 0 Å². The molecule has 0 aromatic heterocycles. The standard InChI is InChI=1S/C13H17N/c1-3-4-8-11-14-12(2)13-9-6-5-7-10-13/h5-7,9-10,12,14H,8,11H2,1-2H3/t12-/m1/s1. The highest BCUT2D eigenvalue weighted by atomic mass is 14.9. The second-order valence-electron chi connectivity index (χ2n) is 3.26. The van der Waals surface area contributed by atoms with E-state index in [1.165, 1.54) is 5.56 Å². The lowest BCUT2D eigenvalue weighted by Crippen LogP contribution is -2.19. The van der Waals surface area contributed by atoms with Gasteiger partial charge < -0.3 is 5.32 Å². The van der Waals surface area contributed by atoms with E-state index < -0.39 is 0 Å². The Kier molecular flexibility index (Phi) is 4.82. The fraction of sp³-hybridized carbons (Fsp3) is 0.385. The minimum Gasteiger partial charge on any atom is -0.309 e. The number of hydrogen-bond acceptors (Lipinski definition) is 1. The summed E-state index contributed by atoms with van der Waals surface area (Å²) in [6, 6.07) is 10.9. The van der Waals surface area contributed by atoms with Crippen LogP contribution in [-0.2, 0) is 0 Å². The first-order chi connectivity index (χ1) is 6.84. The van der Waals surface area contributed by atoms with Crippen LogP contribution in [0.15, 0.2) is 30.3 Å². The van der Waals surface area contributed by atoms with Gasteiger partial charge in [0.25, 0.3) is 0 Å². The number of rotatable bonds is 4. The van der Waals surface area contributed by atoms with Crippen LogP contribution in [0.5, 0.6) is 0 Å². The quantitative estimate of drug-likeness (QED) is 0.564. The Bertz CT molecular complexity index is 305. The SMILES string of the molecule is CC#CCCN[C@H](C)c1ccccc1. The van der Waals surface area contributed by atoms with Gasteiger partial charge in [0, 0.05) is 19.0 Å². The average molecular weight is 187 g/mol. The third-order valence-corrected chi connectivity index (χ3v) is 2.18. The van der Waals surface area contributed by atoms with Crippen molar-refractivity contribution >= 4 is 0 Å². The second-order valence-corrected chi connectivity index (χ2v) is 3.26. The molecule has 0 saturated heterocycles. The van der Waals surface area contributed by atoms with Gasteiger partial charge >= 0.3 is 0 Å². The minimum atomic E-state index is 0.412. The Labute approximate surface area is 86.5 Å². The van der Waals surface area contributed by atoms with E-state index >= 15 is 0 Å². The van der Waals surface area contributed by atoms with Crippen molar-refractivity contribution in [2.45, 2.75) is 26.3 Å². The molecular weight excluding hydrogens is 170 g/mol. The van der Waals surface area contributed by atoms with E-state index in [9.17, 15) is 0 Å². The van der Waals surface area contributed by atoms with Gasteiger partial charge in [-0.15, -0.1) is 11.8 Å². The molecule has 0 bridgehead atoms. The number of benzene rings is 1. The average Bonchev–Trinajstić information content (AvgIpc) is 2.25. The predicted molar refractivity (Wildman–Crippen MR) is 60.9 cm³/mol. The molecule has 0 aliphatic carbocycles. The first-order valence-corrected chi connectivity index (χ1v) is 5.02. The molecule has 1 aromatic carbocycles. The molecule has 1 N–H and O–H groups in total. The molecule has 14 heavy (non-hydrogen) atoms. The maximum Gasteiger partial charge on any atom is 0.0292 e. The van der Waals surface area contributed by atoms with Crippen molar-refractivity contribution in [3.8, 4) is 11.8 Å². The van der Waals surface area contributed by atoms with Crippen LogP contribution in [0.25, 0.3) is 0 Å². The molecule has 0 unspecified atom stereocenters. The van der Waals surface area contributed by atoms with E-state index in [4.69, 9.17) is 0 Å². The Morgan fingerprint density at radius 3 is 2.64 bits per heavy atom. The van der Waals surface area contributed by atoms with Gasteiger partial charge in [0.15, 0.2) is 0 Å². The van der Waals surface area contributed by atoms with Crippen LogP contribution in [0, 0.1) is 11.8 Å². The predicted octanol–water partition coefficient (Wildman–Crippen LogP) is 2.75. The van der Waals surface area contributed by atoms with Gasteiger partial charge in [0.2, 0.25) is 0 Å². The molecule has 1 nitrogen and oxygen atoms in total. The normalized spacial score (nSPS) is 11.6. The molecule has 0 aliphatic heterocycles. The van der Waals surface area contributed by atoms with E-state index in [1.807, 2.05) is 13.0 Å². The molecule has 1 heteroatoms. The molecular formula is C13H17N. The summed E-state index contributed by atoms with van der Waals surface area (Å²) in [5.41, 5.74) is 1.33. The Morgan fingerprint density at radius 2 is 2.00 bits per heavy atom. The smallest absolute Gasteiger partial charge is 0.0292 e. The van der Waals surface area contributed by atoms with Gasteiger partial charge in [0.05, 0.1) is 0 Å². The maximum absolute atomic E-state index is 3.43. The summed E-state index contributed by atoms with van der Waals surface area (Å²) in [5, 5.41) is 3.43. The van der Waals surface area contributed by atoms with Crippen molar-refractivity contribution < 1.29 is 0 Å². The second kappa shape index (κ2) is 6.23. The lowest BCUT2D eigenvalue weighted by atomic mass is 10.1. The van der Waals surface area contributed by atoms with Crippen molar-refractivity contribution in [2.24, 2.45) is 0 Å². The monoisotopic (exact) mass is 187 g/mol. The molecule has 0 fully saturated rings. The molecule has 0 radical (unpaired) electrons. The molecule has 0 spiro atoms. The van der Waals surface area contributed by atoms with Gasteiger partial charge in [-0.3, -0.25) is 0 Å². The highest BCUT2D eigenvalue weighted by Gasteiger charge is 2.01. The van der Waals surface area contributed by atoms with Crippen molar-refractivity contribution in [3.05, 3.63) is 35.9 Å². The largest absolute Gasteiger partial charge is 0.309 e. The Morgan fingerprint density at radius 1 is 1.29 bits per heavy atom. The van der Waals surface area contributed by atoms with Crippen LogP contribution in [0.4, 0.5) is 0 Å². The molecule has 0 saturated carbocycles. The van der Waals surface area contributed by atoms with Gasteiger partial charge in [-0.25, -0.2) is 0 Å². The van der Waals surface area contributed by atoms with E-state index in [1.54, 1.807) is 0 Å². The molecule has 74 valence electrons. The highest BCUT2D eigenvalue weighted by molar-refractivity contribution is 5.18. The first kappa shape index (κ1) is 10.8. The van der Waals surface area contributed by atoms with E-state index in [2.05, 4.69) is 48.3 Å². The third kappa shape index (κ3) is 3.64. The molecule has 0 heterocycles. The zero-order valence-electron chi connectivity index (χ0n) is 8.88. The van der Waals surface area contributed by atoms with Crippen LogP contribution in [-0.4, -0.2) is 6.54 Å². The van der Waals surface area contributed by atoms with Crippen molar-refractivity contribution in [1.29, 1.82) is 0 Å². The van der Waals surface area contributed by atoms with E-state index in [0.29, 0.717) is 6.04 Å². The van der Waals surface area contributed by atoms with Crippen LogP contribution in [0.1, 0.15) is 31.9 Å². The van der Waals surface area contributed by atoms with E-state index in [0.717, 1.165) is 13.0 Å². The number of hydrogen-bond donors (Lipinski definition) is 1. The zero-order chi connectivity index (χ0) is 10.2. The minimum absolute atomic E-state index is 0.412. The van der Waals surface area contributed by atoms with Gasteiger partial charge in [-0.2, -0.15) is 0 Å². The molecule has 1 rings (SSSR count). The number of nitrogens with one attached hydrogen (secondary N) is 1. The van der Waals surface area contributed by atoms with Crippen molar-refractivity contribution in [2.75, 3.05) is 6.54 Å². The van der Waals surface area contributed by atoms with Crippen molar-refractivity contribution in [1.82, 2.24) is 5.32 Å². The molecule has 1 aromatic rings. The highest BCUT2D eigenvalue weighted by Crippen LogP contribution is 2.10. The summed E-state index contributed by atoms with van der Waals surface area (Å²) in [5.74, 6) is 5.93. The maximum atomic E-state index is 3.43. The third-order valence-electron chi connectivity index (χ3n) is 2.18. The lowest BCUT2D eigenvalue weighted by Gasteiger charge is -2.12. The molecule has 0 aliphatic rings.